The van der Waals surface area contributed by atoms with Gasteiger partial charge < -0.3 is 0 Å². The number of benzene rings is 1. The van der Waals surface area contributed by atoms with Crippen LogP contribution < -0.4 is 0 Å². The zero-order valence-corrected chi connectivity index (χ0v) is 9.52. The van der Waals surface area contributed by atoms with Crippen molar-refractivity contribution in [2.45, 2.75) is 13.5 Å². The Bertz CT molecular complexity index is 280. The molecule has 0 bridgehead atoms. The minimum atomic E-state index is 1.09. The molecule has 2 rings (SSSR count). The van der Waals surface area contributed by atoms with Crippen LogP contribution in [-0.2, 0) is 6.54 Å². The van der Waals surface area contributed by atoms with Crippen molar-refractivity contribution >= 4 is 0 Å². The topological polar surface area (TPSA) is 6.25 Å². The normalized spacial score (nSPS) is 15.9. The fourth-order valence-electron chi connectivity index (χ4n) is 1.77. The van der Waals surface area contributed by atoms with E-state index in [0.717, 1.165) is 13.1 Å². The van der Waals surface area contributed by atoms with Gasteiger partial charge in [0.25, 0.3) is 0 Å². The molecule has 2 heteroatoms. The van der Waals surface area contributed by atoms with Crippen LogP contribution in [0.4, 0.5) is 0 Å². The molecule has 82 valence electrons. The van der Waals surface area contributed by atoms with Gasteiger partial charge in [0.15, 0.2) is 0 Å². The molecule has 0 aliphatic carbocycles. The van der Waals surface area contributed by atoms with Crippen LogP contribution in [0.1, 0.15) is 12.5 Å². The Morgan fingerprint density at radius 2 is 1.93 bits per heavy atom. The third-order valence-electron chi connectivity index (χ3n) is 2.97. The van der Waals surface area contributed by atoms with Crippen molar-refractivity contribution in [3.8, 4) is 0 Å². The van der Waals surface area contributed by atoms with E-state index in [0.29, 0.717) is 0 Å². The highest BCUT2D eigenvalue weighted by molar-refractivity contribution is 5.14. The van der Waals surface area contributed by atoms with E-state index >= 15 is 0 Å². The molecule has 1 aliphatic rings. The molecule has 0 N–H and O–H groups in total. The van der Waals surface area contributed by atoms with Crippen LogP contribution in [0.2, 0.25) is 0 Å². The van der Waals surface area contributed by atoms with Crippen LogP contribution in [0.25, 0.3) is 0 Å². The average Bonchev–Trinajstić information content (AvgIpc) is 3.09. The number of rotatable bonds is 6. The molecule has 15 heavy (non-hydrogen) atoms. The van der Waals surface area contributed by atoms with E-state index in [-0.39, 0.29) is 0 Å². The number of hydrogen-bond acceptors (Lipinski definition) is 2. The molecule has 0 aromatic heterocycles. The van der Waals surface area contributed by atoms with Crippen molar-refractivity contribution < 1.29 is 0 Å². The van der Waals surface area contributed by atoms with E-state index < -0.39 is 0 Å². The molecule has 0 amide bonds. The van der Waals surface area contributed by atoms with E-state index in [1.165, 1.54) is 31.7 Å². The Morgan fingerprint density at radius 3 is 2.53 bits per heavy atom. The first-order chi connectivity index (χ1) is 7.38. The van der Waals surface area contributed by atoms with E-state index in [4.69, 9.17) is 0 Å². The van der Waals surface area contributed by atoms with E-state index in [1.54, 1.807) is 0 Å². The third-order valence-corrected chi connectivity index (χ3v) is 2.97. The lowest BCUT2D eigenvalue weighted by Gasteiger charge is -2.20. The molecule has 0 atom stereocenters. The number of hydrogen-bond donors (Lipinski definition) is 0. The van der Waals surface area contributed by atoms with Crippen LogP contribution in [-0.4, -0.2) is 42.5 Å². The van der Waals surface area contributed by atoms with Crippen LogP contribution >= 0.6 is 0 Å². The molecule has 1 aliphatic heterocycles. The van der Waals surface area contributed by atoms with Gasteiger partial charge >= 0.3 is 0 Å². The largest absolute Gasteiger partial charge is 0.300 e. The van der Waals surface area contributed by atoms with Crippen LogP contribution in [0, 0.1) is 0 Å². The van der Waals surface area contributed by atoms with Crippen molar-refractivity contribution in [1.29, 1.82) is 0 Å². The highest BCUT2D eigenvalue weighted by atomic mass is 15.3. The van der Waals surface area contributed by atoms with Gasteiger partial charge in [-0.25, -0.2) is 0 Å². The summed E-state index contributed by atoms with van der Waals surface area (Å²) in [5.41, 5.74) is 1.42. The smallest absolute Gasteiger partial charge is 0.0234 e. The molecule has 0 spiro atoms. The molecule has 1 heterocycles. The SMILES string of the molecule is CCN(CCN1CC1)Cc1ccccc1. The summed E-state index contributed by atoms with van der Waals surface area (Å²) in [6.07, 6.45) is 0. The maximum absolute atomic E-state index is 2.51. The molecular weight excluding hydrogens is 184 g/mol. The Labute approximate surface area is 92.5 Å². The van der Waals surface area contributed by atoms with E-state index in [1.807, 2.05) is 0 Å². The first-order valence-electron chi connectivity index (χ1n) is 5.87. The molecule has 1 aromatic carbocycles. The van der Waals surface area contributed by atoms with Gasteiger partial charge in [0.2, 0.25) is 0 Å². The van der Waals surface area contributed by atoms with Crippen molar-refractivity contribution in [2.24, 2.45) is 0 Å². The second kappa shape index (κ2) is 5.29. The van der Waals surface area contributed by atoms with Gasteiger partial charge in [-0.2, -0.15) is 0 Å². The average molecular weight is 204 g/mol. The van der Waals surface area contributed by atoms with E-state index in [9.17, 15) is 0 Å². The standard InChI is InChI=1S/C13H20N2/c1-2-14(8-9-15-10-11-15)12-13-6-4-3-5-7-13/h3-7H,2,8-12H2,1H3. The molecule has 0 saturated carbocycles. The predicted octanol–water partition coefficient (Wildman–Crippen LogP) is 1.82. The monoisotopic (exact) mass is 204 g/mol. The summed E-state index contributed by atoms with van der Waals surface area (Å²) in [5, 5.41) is 0. The molecule has 0 unspecified atom stereocenters. The minimum absolute atomic E-state index is 1.09. The van der Waals surface area contributed by atoms with Crippen molar-refractivity contribution in [3.05, 3.63) is 35.9 Å². The van der Waals surface area contributed by atoms with Gasteiger partial charge in [-0.15, -0.1) is 0 Å². The Morgan fingerprint density at radius 1 is 1.20 bits per heavy atom. The first kappa shape index (κ1) is 10.7. The van der Waals surface area contributed by atoms with Crippen LogP contribution in [0.5, 0.6) is 0 Å². The maximum atomic E-state index is 2.51. The lowest BCUT2D eigenvalue weighted by molar-refractivity contribution is 0.264. The fraction of sp³-hybridized carbons (Fsp3) is 0.538. The lowest BCUT2D eigenvalue weighted by Crippen LogP contribution is -2.28. The maximum Gasteiger partial charge on any atom is 0.0234 e. The Balaban J connectivity index is 1.78. The molecule has 0 radical (unpaired) electrons. The van der Waals surface area contributed by atoms with E-state index in [2.05, 4.69) is 47.1 Å². The summed E-state index contributed by atoms with van der Waals surface area (Å²) in [6, 6.07) is 10.7. The van der Waals surface area contributed by atoms with Crippen LogP contribution in [0.3, 0.4) is 0 Å². The Hall–Kier alpha value is -0.860. The number of nitrogens with zero attached hydrogens (tertiary/aromatic N) is 2. The summed E-state index contributed by atoms with van der Waals surface area (Å²) in [4.78, 5) is 4.99. The highest BCUT2D eigenvalue weighted by Gasteiger charge is 2.17. The van der Waals surface area contributed by atoms with Crippen molar-refractivity contribution in [3.63, 3.8) is 0 Å². The summed E-state index contributed by atoms with van der Waals surface area (Å²) < 4.78 is 0. The molecule has 2 nitrogen and oxygen atoms in total. The summed E-state index contributed by atoms with van der Waals surface area (Å²) in [6.45, 7) is 9.52. The summed E-state index contributed by atoms with van der Waals surface area (Å²) in [7, 11) is 0. The minimum Gasteiger partial charge on any atom is -0.300 e. The summed E-state index contributed by atoms with van der Waals surface area (Å²) >= 11 is 0. The van der Waals surface area contributed by atoms with Crippen molar-refractivity contribution in [1.82, 2.24) is 9.80 Å². The second-order valence-corrected chi connectivity index (χ2v) is 4.20. The zero-order valence-electron chi connectivity index (χ0n) is 9.52. The molecular formula is C13H20N2. The first-order valence-corrected chi connectivity index (χ1v) is 5.87. The zero-order chi connectivity index (χ0) is 10.5. The van der Waals surface area contributed by atoms with Gasteiger partial charge in [0.1, 0.15) is 0 Å². The van der Waals surface area contributed by atoms with Gasteiger partial charge in [-0.1, -0.05) is 37.3 Å². The Kier molecular flexibility index (Phi) is 3.75. The van der Waals surface area contributed by atoms with Gasteiger partial charge in [-0.3, -0.25) is 9.80 Å². The fourth-order valence-corrected chi connectivity index (χ4v) is 1.77. The summed E-state index contributed by atoms with van der Waals surface area (Å²) in [5.74, 6) is 0. The van der Waals surface area contributed by atoms with Gasteiger partial charge in [0.05, 0.1) is 0 Å². The lowest BCUT2D eigenvalue weighted by atomic mass is 10.2. The highest BCUT2D eigenvalue weighted by Crippen LogP contribution is 2.06. The predicted molar refractivity (Wildman–Crippen MR) is 63.8 cm³/mol. The number of likely N-dealkylation sites (N-methyl/N-ethyl adjacent to an activating group) is 1. The third kappa shape index (κ3) is 3.65. The van der Waals surface area contributed by atoms with Gasteiger partial charge in [0, 0.05) is 32.7 Å². The van der Waals surface area contributed by atoms with Crippen LogP contribution in [0.15, 0.2) is 30.3 Å². The molecule has 1 fully saturated rings. The van der Waals surface area contributed by atoms with Crippen molar-refractivity contribution in [2.75, 3.05) is 32.7 Å². The quantitative estimate of drug-likeness (QED) is 0.652. The molecule has 1 saturated heterocycles. The molecule has 1 aromatic rings. The second-order valence-electron chi connectivity index (χ2n) is 4.20. The van der Waals surface area contributed by atoms with Gasteiger partial charge in [-0.05, 0) is 12.1 Å².